The van der Waals surface area contributed by atoms with Gasteiger partial charge in [0.15, 0.2) is 0 Å². The fraction of sp³-hybridized carbons (Fsp3) is 0.333. The highest BCUT2D eigenvalue weighted by atomic mass is 19.1. The van der Waals surface area contributed by atoms with Gasteiger partial charge in [0, 0.05) is 11.6 Å². The molecule has 0 radical (unpaired) electrons. The maximum absolute atomic E-state index is 13.4. The van der Waals surface area contributed by atoms with E-state index >= 15 is 0 Å². The Morgan fingerprint density at radius 1 is 0.923 bits per heavy atom. The summed E-state index contributed by atoms with van der Waals surface area (Å²) in [6.07, 6.45) is 6.02. The summed E-state index contributed by atoms with van der Waals surface area (Å²) >= 11 is 0. The van der Waals surface area contributed by atoms with Crippen molar-refractivity contribution in [2.45, 2.75) is 44.2 Å². The molecule has 1 fully saturated rings. The first-order chi connectivity index (χ1) is 12.8. The normalized spacial score (nSPS) is 16.5. The van der Waals surface area contributed by atoms with Gasteiger partial charge in [-0.1, -0.05) is 49.6 Å². The summed E-state index contributed by atoms with van der Waals surface area (Å²) in [4.78, 5) is 0. The quantitative estimate of drug-likeness (QED) is 0.711. The van der Waals surface area contributed by atoms with Gasteiger partial charge in [-0.3, -0.25) is 5.32 Å². The van der Waals surface area contributed by atoms with Crippen molar-refractivity contribution in [3.8, 4) is 11.5 Å². The van der Waals surface area contributed by atoms with Crippen molar-refractivity contribution in [2.75, 3.05) is 0 Å². The van der Waals surface area contributed by atoms with Crippen LogP contribution in [0.2, 0.25) is 0 Å². The number of benzene rings is 2. The Hall–Kier alpha value is -2.53. The smallest absolute Gasteiger partial charge is 0.247 e. The highest BCUT2D eigenvalue weighted by Gasteiger charge is 2.25. The van der Waals surface area contributed by atoms with Crippen LogP contribution in [-0.4, -0.2) is 16.2 Å². The van der Waals surface area contributed by atoms with Crippen molar-refractivity contribution in [2.24, 2.45) is 0 Å². The number of rotatable bonds is 5. The summed E-state index contributed by atoms with van der Waals surface area (Å²) in [5.41, 5.74) is 1.82. The molecule has 1 aromatic heterocycles. The lowest BCUT2D eigenvalue weighted by Gasteiger charge is -2.27. The minimum atomic E-state index is -0.249. The van der Waals surface area contributed by atoms with Crippen LogP contribution in [0.4, 0.5) is 4.39 Å². The molecule has 1 aliphatic carbocycles. The number of nitrogens with one attached hydrogen (secondary N) is 1. The summed E-state index contributed by atoms with van der Waals surface area (Å²) in [5, 5.41) is 12.2. The van der Waals surface area contributed by atoms with Crippen LogP contribution in [0, 0.1) is 5.82 Å². The van der Waals surface area contributed by atoms with E-state index in [1.165, 1.54) is 31.4 Å². The summed E-state index contributed by atoms with van der Waals surface area (Å²) in [7, 11) is 0. The molecule has 4 rings (SSSR count). The molecular weight excluding hydrogens is 329 g/mol. The molecule has 0 amide bonds. The predicted molar refractivity (Wildman–Crippen MR) is 98.0 cm³/mol. The lowest BCUT2D eigenvalue weighted by Crippen LogP contribution is -2.35. The minimum absolute atomic E-state index is 0.233. The number of halogens is 1. The van der Waals surface area contributed by atoms with Gasteiger partial charge >= 0.3 is 0 Å². The van der Waals surface area contributed by atoms with E-state index in [4.69, 9.17) is 4.42 Å². The molecule has 0 saturated heterocycles. The van der Waals surface area contributed by atoms with Crippen LogP contribution >= 0.6 is 0 Å². The Morgan fingerprint density at radius 2 is 1.65 bits per heavy atom. The van der Waals surface area contributed by atoms with Crippen LogP contribution in [0.15, 0.2) is 59.0 Å². The van der Waals surface area contributed by atoms with Crippen molar-refractivity contribution in [3.05, 3.63) is 71.9 Å². The largest absolute Gasteiger partial charge is 0.419 e. The third-order valence-electron chi connectivity index (χ3n) is 4.92. The number of hydrogen-bond acceptors (Lipinski definition) is 4. The number of hydrogen-bond donors (Lipinski definition) is 1. The molecule has 2 aromatic carbocycles. The van der Waals surface area contributed by atoms with E-state index in [2.05, 4.69) is 15.5 Å². The van der Waals surface area contributed by atoms with Crippen molar-refractivity contribution < 1.29 is 8.81 Å². The maximum atomic E-state index is 13.4. The fourth-order valence-electron chi connectivity index (χ4n) is 3.52. The average Bonchev–Trinajstić information content (AvgIpc) is 3.18. The molecule has 0 bridgehead atoms. The molecule has 1 heterocycles. The Labute approximate surface area is 152 Å². The molecule has 26 heavy (non-hydrogen) atoms. The van der Waals surface area contributed by atoms with Gasteiger partial charge in [-0.05, 0) is 42.7 Å². The topological polar surface area (TPSA) is 51.0 Å². The van der Waals surface area contributed by atoms with Crippen LogP contribution < -0.4 is 5.32 Å². The van der Waals surface area contributed by atoms with Gasteiger partial charge in [-0.25, -0.2) is 4.39 Å². The molecule has 0 spiro atoms. The first-order valence-electron chi connectivity index (χ1n) is 9.20. The summed E-state index contributed by atoms with van der Waals surface area (Å²) in [5.74, 6) is 0.764. The molecule has 1 N–H and O–H groups in total. The van der Waals surface area contributed by atoms with Crippen LogP contribution in [0.3, 0.4) is 0 Å². The van der Waals surface area contributed by atoms with E-state index in [0.29, 0.717) is 17.8 Å². The summed E-state index contributed by atoms with van der Waals surface area (Å²) in [6.45, 7) is 0. The SMILES string of the molecule is Fc1ccc([C@H](NC2CCCCC2)c2nnc(-c3ccccc3)o2)cc1. The highest BCUT2D eigenvalue weighted by molar-refractivity contribution is 5.51. The van der Waals surface area contributed by atoms with E-state index in [-0.39, 0.29) is 11.9 Å². The summed E-state index contributed by atoms with van der Waals surface area (Å²) in [6, 6.07) is 16.4. The van der Waals surface area contributed by atoms with Crippen molar-refractivity contribution in [3.63, 3.8) is 0 Å². The Balaban J connectivity index is 1.63. The number of aromatic nitrogens is 2. The van der Waals surface area contributed by atoms with Gasteiger partial charge in [0.2, 0.25) is 11.8 Å². The van der Waals surface area contributed by atoms with E-state index in [0.717, 1.165) is 24.0 Å². The molecule has 134 valence electrons. The molecule has 5 heteroatoms. The second-order valence-electron chi connectivity index (χ2n) is 6.80. The van der Waals surface area contributed by atoms with Crippen LogP contribution in [-0.2, 0) is 0 Å². The lowest BCUT2D eigenvalue weighted by atomic mass is 9.94. The minimum Gasteiger partial charge on any atom is -0.419 e. The third kappa shape index (κ3) is 3.83. The Bertz CT molecular complexity index is 826. The van der Waals surface area contributed by atoms with Gasteiger partial charge in [0.05, 0.1) is 0 Å². The van der Waals surface area contributed by atoms with E-state index < -0.39 is 0 Å². The Morgan fingerprint density at radius 3 is 2.38 bits per heavy atom. The second kappa shape index (κ2) is 7.79. The predicted octanol–water partition coefficient (Wildman–Crippen LogP) is 4.89. The maximum Gasteiger partial charge on any atom is 0.247 e. The number of nitrogens with zero attached hydrogens (tertiary/aromatic N) is 2. The zero-order valence-corrected chi connectivity index (χ0v) is 14.6. The van der Waals surface area contributed by atoms with Gasteiger partial charge in [-0.2, -0.15) is 0 Å². The van der Waals surface area contributed by atoms with Gasteiger partial charge < -0.3 is 4.42 Å². The van der Waals surface area contributed by atoms with Crippen molar-refractivity contribution >= 4 is 0 Å². The Kier molecular flexibility index (Phi) is 5.07. The third-order valence-corrected chi connectivity index (χ3v) is 4.92. The van der Waals surface area contributed by atoms with Crippen molar-refractivity contribution in [1.29, 1.82) is 0 Å². The van der Waals surface area contributed by atoms with E-state index in [1.807, 2.05) is 30.3 Å². The van der Waals surface area contributed by atoms with E-state index in [9.17, 15) is 4.39 Å². The molecular formula is C21H22FN3O. The van der Waals surface area contributed by atoms with Gasteiger partial charge in [0.1, 0.15) is 11.9 Å². The van der Waals surface area contributed by atoms with Gasteiger partial charge in [0.25, 0.3) is 0 Å². The molecule has 1 aliphatic rings. The first kappa shape index (κ1) is 16.9. The van der Waals surface area contributed by atoms with E-state index in [1.54, 1.807) is 12.1 Å². The zero-order chi connectivity index (χ0) is 17.8. The zero-order valence-electron chi connectivity index (χ0n) is 14.6. The van der Waals surface area contributed by atoms with Crippen molar-refractivity contribution in [1.82, 2.24) is 15.5 Å². The standard InChI is InChI=1S/C21H22FN3O/c22-17-13-11-15(12-14-17)19(23-18-9-5-2-6-10-18)21-25-24-20(26-21)16-7-3-1-4-8-16/h1,3-4,7-8,11-14,18-19,23H,2,5-6,9-10H2/t19-/m0/s1. The second-order valence-corrected chi connectivity index (χ2v) is 6.80. The average molecular weight is 351 g/mol. The molecule has 0 unspecified atom stereocenters. The van der Waals surface area contributed by atoms with Gasteiger partial charge in [-0.15, -0.1) is 10.2 Å². The monoisotopic (exact) mass is 351 g/mol. The van der Waals surface area contributed by atoms with Crippen LogP contribution in [0.1, 0.15) is 49.6 Å². The summed E-state index contributed by atoms with van der Waals surface area (Å²) < 4.78 is 19.3. The molecule has 0 aliphatic heterocycles. The molecule has 4 nitrogen and oxygen atoms in total. The molecule has 3 aromatic rings. The molecule has 1 atom stereocenters. The fourth-order valence-corrected chi connectivity index (χ4v) is 3.52. The van der Waals surface area contributed by atoms with Crippen LogP contribution in [0.25, 0.3) is 11.5 Å². The highest BCUT2D eigenvalue weighted by Crippen LogP contribution is 2.28. The first-order valence-corrected chi connectivity index (χ1v) is 9.20. The molecule has 1 saturated carbocycles. The van der Waals surface area contributed by atoms with Crippen LogP contribution in [0.5, 0.6) is 0 Å². The lowest BCUT2D eigenvalue weighted by molar-refractivity contribution is 0.329.